The van der Waals surface area contributed by atoms with Crippen molar-refractivity contribution >= 4 is 0 Å². The molecule has 2 nitrogen and oxygen atoms in total. The molecule has 1 N–H and O–H groups in total. The highest BCUT2D eigenvalue weighted by Crippen LogP contribution is 2.17. The zero-order valence-electron chi connectivity index (χ0n) is 7.23. The average Bonchev–Trinajstić information content (AvgIpc) is 1.78. The van der Waals surface area contributed by atoms with E-state index in [0.29, 0.717) is 0 Å². The van der Waals surface area contributed by atoms with Gasteiger partial charge >= 0.3 is 0 Å². The topological polar surface area (TPSA) is 15.3 Å². The number of nitrogens with one attached hydrogen (secondary N) is 1. The Balaban J connectivity index is 2.79. The van der Waals surface area contributed by atoms with Gasteiger partial charge in [-0.2, -0.15) is 0 Å². The maximum Gasteiger partial charge on any atom is 0.0679 e. The highest BCUT2D eigenvalue weighted by atomic mass is 15.3. The molecule has 0 fully saturated rings. The Hall–Kier alpha value is -0.500. The van der Waals surface area contributed by atoms with Gasteiger partial charge in [0, 0.05) is 11.2 Å². The SMILES string of the molecule is CC1=CC(C)(C)N(C)CN1. The van der Waals surface area contributed by atoms with E-state index in [1.54, 1.807) is 0 Å². The maximum absolute atomic E-state index is 3.27. The third-order valence-corrected chi connectivity index (χ3v) is 2.15. The van der Waals surface area contributed by atoms with Crippen LogP contribution in [-0.2, 0) is 0 Å². The quantitative estimate of drug-likeness (QED) is 0.543. The molecule has 0 amide bonds. The normalized spacial score (nSPS) is 25.4. The number of likely N-dealkylation sites (N-methyl/N-ethyl adjacent to an activating group) is 1. The molecule has 0 bridgehead atoms. The van der Waals surface area contributed by atoms with Gasteiger partial charge in [0.2, 0.25) is 0 Å². The van der Waals surface area contributed by atoms with E-state index in [0.717, 1.165) is 6.67 Å². The van der Waals surface area contributed by atoms with Crippen LogP contribution in [0, 0.1) is 0 Å². The highest BCUT2D eigenvalue weighted by Gasteiger charge is 2.23. The fourth-order valence-corrected chi connectivity index (χ4v) is 1.14. The third-order valence-electron chi connectivity index (χ3n) is 2.15. The van der Waals surface area contributed by atoms with Crippen LogP contribution in [0.5, 0.6) is 0 Å². The molecule has 0 aliphatic carbocycles. The predicted molar refractivity (Wildman–Crippen MR) is 43.6 cm³/mol. The fourth-order valence-electron chi connectivity index (χ4n) is 1.14. The number of nitrogens with zero attached hydrogens (tertiary/aromatic N) is 1. The minimum absolute atomic E-state index is 0.218. The summed E-state index contributed by atoms with van der Waals surface area (Å²) in [5.41, 5.74) is 1.50. The zero-order valence-corrected chi connectivity index (χ0v) is 7.23. The fraction of sp³-hybridized carbons (Fsp3) is 0.750. The van der Waals surface area contributed by atoms with Crippen molar-refractivity contribution in [2.75, 3.05) is 13.7 Å². The summed E-state index contributed by atoms with van der Waals surface area (Å²) in [6.45, 7) is 7.50. The Bertz CT molecular complexity index is 159. The van der Waals surface area contributed by atoms with E-state index < -0.39 is 0 Å². The van der Waals surface area contributed by atoms with Crippen molar-refractivity contribution in [3.05, 3.63) is 11.8 Å². The Morgan fingerprint density at radius 2 is 2.20 bits per heavy atom. The van der Waals surface area contributed by atoms with Gasteiger partial charge < -0.3 is 5.32 Å². The average molecular weight is 140 g/mol. The van der Waals surface area contributed by atoms with Crippen LogP contribution in [0.1, 0.15) is 20.8 Å². The minimum Gasteiger partial charge on any atom is -0.376 e. The third kappa shape index (κ3) is 1.32. The summed E-state index contributed by atoms with van der Waals surface area (Å²) in [6.07, 6.45) is 2.25. The summed E-state index contributed by atoms with van der Waals surface area (Å²) in [4.78, 5) is 2.28. The molecule has 0 saturated heterocycles. The molecule has 0 aromatic rings. The second-order valence-electron chi connectivity index (χ2n) is 3.51. The van der Waals surface area contributed by atoms with Gasteiger partial charge in [-0.3, -0.25) is 4.90 Å². The monoisotopic (exact) mass is 140 g/mol. The first kappa shape index (κ1) is 7.61. The van der Waals surface area contributed by atoms with Crippen molar-refractivity contribution < 1.29 is 0 Å². The van der Waals surface area contributed by atoms with Gasteiger partial charge in [-0.15, -0.1) is 0 Å². The second-order valence-corrected chi connectivity index (χ2v) is 3.51. The van der Waals surface area contributed by atoms with Crippen LogP contribution in [0.15, 0.2) is 11.8 Å². The van der Waals surface area contributed by atoms with Crippen molar-refractivity contribution in [1.82, 2.24) is 10.2 Å². The highest BCUT2D eigenvalue weighted by molar-refractivity contribution is 5.11. The predicted octanol–water partition coefficient (Wildman–Crippen LogP) is 1.16. The van der Waals surface area contributed by atoms with Crippen molar-refractivity contribution in [1.29, 1.82) is 0 Å². The molecule has 1 aliphatic rings. The lowest BCUT2D eigenvalue weighted by atomic mass is 10.0. The Morgan fingerprint density at radius 3 is 2.60 bits per heavy atom. The molecule has 0 atom stereocenters. The first-order valence-electron chi connectivity index (χ1n) is 3.67. The van der Waals surface area contributed by atoms with Crippen LogP contribution in [0.3, 0.4) is 0 Å². The van der Waals surface area contributed by atoms with E-state index in [4.69, 9.17) is 0 Å². The van der Waals surface area contributed by atoms with E-state index >= 15 is 0 Å². The lowest BCUT2D eigenvalue weighted by Gasteiger charge is -2.37. The Labute approximate surface area is 62.9 Å². The van der Waals surface area contributed by atoms with Gasteiger partial charge in [-0.25, -0.2) is 0 Å². The van der Waals surface area contributed by atoms with Crippen LogP contribution in [-0.4, -0.2) is 24.2 Å². The molecule has 0 aromatic heterocycles. The van der Waals surface area contributed by atoms with Crippen LogP contribution >= 0.6 is 0 Å². The number of rotatable bonds is 0. The number of hydrogen-bond acceptors (Lipinski definition) is 2. The molecule has 0 unspecified atom stereocenters. The van der Waals surface area contributed by atoms with Crippen molar-refractivity contribution in [2.45, 2.75) is 26.3 Å². The molecule has 1 rings (SSSR count). The molecular weight excluding hydrogens is 124 g/mol. The number of allylic oxidation sites excluding steroid dienone is 1. The maximum atomic E-state index is 3.27. The smallest absolute Gasteiger partial charge is 0.0679 e. The van der Waals surface area contributed by atoms with Crippen molar-refractivity contribution in [3.8, 4) is 0 Å². The van der Waals surface area contributed by atoms with Gasteiger partial charge in [-0.1, -0.05) is 0 Å². The molecular formula is C8H16N2. The lowest BCUT2D eigenvalue weighted by molar-refractivity contribution is 0.179. The molecule has 0 spiro atoms. The summed E-state index contributed by atoms with van der Waals surface area (Å²) < 4.78 is 0. The van der Waals surface area contributed by atoms with E-state index in [9.17, 15) is 0 Å². The van der Waals surface area contributed by atoms with Gasteiger partial charge in [-0.05, 0) is 33.9 Å². The van der Waals surface area contributed by atoms with E-state index in [1.165, 1.54) is 5.70 Å². The van der Waals surface area contributed by atoms with Crippen molar-refractivity contribution in [2.24, 2.45) is 0 Å². The van der Waals surface area contributed by atoms with Gasteiger partial charge in [0.05, 0.1) is 6.67 Å². The van der Waals surface area contributed by atoms with E-state index in [1.807, 2.05) is 0 Å². The molecule has 1 heterocycles. The summed E-state index contributed by atoms with van der Waals surface area (Å²) >= 11 is 0. The Morgan fingerprint density at radius 1 is 1.60 bits per heavy atom. The Kier molecular flexibility index (Phi) is 1.73. The van der Waals surface area contributed by atoms with Crippen LogP contribution in [0.2, 0.25) is 0 Å². The van der Waals surface area contributed by atoms with Crippen molar-refractivity contribution in [3.63, 3.8) is 0 Å². The van der Waals surface area contributed by atoms with Crippen LogP contribution < -0.4 is 5.32 Å². The number of hydrogen-bond donors (Lipinski definition) is 1. The first-order chi connectivity index (χ1) is 4.52. The summed E-state index contributed by atoms with van der Waals surface area (Å²) in [5.74, 6) is 0. The zero-order chi connectivity index (χ0) is 7.78. The summed E-state index contributed by atoms with van der Waals surface area (Å²) in [5, 5.41) is 3.27. The van der Waals surface area contributed by atoms with Gasteiger partial charge in [0.1, 0.15) is 0 Å². The van der Waals surface area contributed by atoms with Gasteiger partial charge in [0.15, 0.2) is 0 Å². The van der Waals surface area contributed by atoms with Crippen LogP contribution in [0.25, 0.3) is 0 Å². The van der Waals surface area contributed by atoms with E-state index in [-0.39, 0.29) is 5.54 Å². The largest absolute Gasteiger partial charge is 0.376 e. The molecule has 2 heteroatoms. The molecule has 0 radical (unpaired) electrons. The van der Waals surface area contributed by atoms with E-state index in [2.05, 4.69) is 44.1 Å². The molecule has 0 saturated carbocycles. The summed E-state index contributed by atoms with van der Waals surface area (Å²) in [6, 6.07) is 0. The second kappa shape index (κ2) is 2.27. The van der Waals surface area contributed by atoms with Crippen LogP contribution in [0.4, 0.5) is 0 Å². The molecule has 0 aromatic carbocycles. The first-order valence-corrected chi connectivity index (χ1v) is 3.67. The summed E-state index contributed by atoms with van der Waals surface area (Å²) in [7, 11) is 2.12. The lowest BCUT2D eigenvalue weighted by Crippen LogP contribution is -2.48. The molecule has 10 heavy (non-hydrogen) atoms. The minimum atomic E-state index is 0.218. The molecule has 1 aliphatic heterocycles. The van der Waals surface area contributed by atoms with Gasteiger partial charge in [0.25, 0.3) is 0 Å². The standard InChI is InChI=1S/C8H16N2/c1-7-5-8(2,3)10(4)6-9-7/h5,9H,6H2,1-4H3. The molecule has 58 valence electrons.